The zero-order chi connectivity index (χ0) is 10.8. The van der Waals surface area contributed by atoms with Crippen LogP contribution in [0.25, 0.3) is 10.6 Å². The van der Waals surface area contributed by atoms with Crippen LogP contribution in [0, 0.1) is 6.92 Å². The van der Waals surface area contributed by atoms with Crippen molar-refractivity contribution in [1.29, 1.82) is 0 Å². The molecule has 15 heavy (non-hydrogen) atoms. The highest BCUT2D eigenvalue weighted by Crippen LogP contribution is 2.30. The van der Waals surface area contributed by atoms with Gasteiger partial charge in [-0.1, -0.05) is 6.92 Å². The van der Waals surface area contributed by atoms with E-state index in [9.17, 15) is 0 Å². The SMILES string of the molecule is CCC(N)c1nc(-c2ccc(C)s2)cs1. The fraction of sp³-hybridized carbons (Fsp3) is 0.364. The molecule has 2 nitrogen and oxygen atoms in total. The Morgan fingerprint density at radius 3 is 2.87 bits per heavy atom. The van der Waals surface area contributed by atoms with Crippen LogP contribution in [0.5, 0.6) is 0 Å². The van der Waals surface area contributed by atoms with E-state index >= 15 is 0 Å². The minimum Gasteiger partial charge on any atom is -0.322 e. The second-order valence-corrected chi connectivity index (χ2v) is 5.67. The van der Waals surface area contributed by atoms with Crippen LogP contribution in [0.3, 0.4) is 0 Å². The normalized spacial score (nSPS) is 13.0. The number of aromatic nitrogens is 1. The van der Waals surface area contributed by atoms with Crippen molar-refractivity contribution >= 4 is 22.7 Å². The zero-order valence-corrected chi connectivity index (χ0v) is 10.5. The van der Waals surface area contributed by atoms with Gasteiger partial charge in [0.2, 0.25) is 0 Å². The van der Waals surface area contributed by atoms with Gasteiger partial charge in [0.15, 0.2) is 0 Å². The molecule has 0 aliphatic rings. The molecule has 0 fully saturated rings. The lowest BCUT2D eigenvalue weighted by atomic mass is 10.2. The summed E-state index contributed by atoms with van der Waals surface area (Å²) in [7, 11) is 0. The van der Waals surface area contributed by atoms with Gasteiger partial charge in [-0.05, 0) is 25.5 Å². The van der Waals surface area contributed by atoms with Crippen LogP contribution >= 0.6 is 22.7 Å². The number of thiophene rings is 1. The van der Waals surface area contributed by atoms with Gasteiger partial charge in [-0.2, -0.15) is 0 Å². The Bertz CT molecular complexity index is 445. The molecule has 80 valence electrons. The maximum absolute atomic E-state index is 5.94. The highest BCUT2D eigenvalue weighted by Gasteiger charge is 2.10. The standard InChI is InChI=1S/C11H14N2S2/c1-3-8(12)11-13-9(6-14-11)10-5-4-7(2)15-10/h4-6,8H,3,12H2,1-2H3. The third-order valence-corrected chi connectivity index (χ3v) is 4.27. The van der Waals surface area contributed by atoms with Crippen LogP contribution < -0.4 is 5.73 Å². The topological polar surface area (TPSA) is 38.9 Å². The highest BCUT2D eigenvalue weighted by atomic mass is 32.1. The van der Waals surface area contributed by atoms with E-state index in [1.54, 1.807) is 22.7 Å². The van der Waals surface area contributed by atoms with Gasteiger partial charge in [0.25, 0.3) is 0 Å². The molecule has 0 aliphatic heterocycles. The molecule has 0 spiro atoms. The van der Waals surface area contributed by atoms with Crippen molar-refractivity contribution in [3.8, 4) is 10.6 Å². The summed E-state index contributed by atoms with van der Waals surface area (Å²) in [6.45, 7) is 4.19. The molecule has 0 radical (unpaired) electrons. The molecule has 1 atom stereocenters. The Kier molecular flexibility index (Phi) is 3.19. The fourth-order valence-corrected chi connectivity index (χ4v) is 3.13. The monoisotopic (exact) mass is 238 g/mol. The van der Waals surface area contributed by atoms with Crippen LogP contribution in [0.2, 0.25) is 0 Å². The van der Waals surface area contributed by atoms with Crippen molar-refractivity contribution < 1.29 is 0 Å². The first kappa shape index (κ1) is 10.8. The molecule has 4 heteroatoms. The first-order valence-electron chi connectivity index (χ1n) is 4.98. The summed E-state index contributed by atoms with van der Waals surface area (Å²) in [6, 6.07) is 4.33. The summed E-state index contributed by atoms with van der Waals surface area (Å²) >= 11 is 3.43. The molecule has 2 heterocycles. The summed E-state index contributed by atoms with van der Waals surface area (Å²) in [4.78, 5) is 7.12. The zero-order valence-electron chi connectivity index (χ0n) is 8.86. The molecule has 0 saturated heterocycles. The second-order valence-electron chi connectivity index (χ2n) is 3.50. The van der Waals surface area contributed by atoms with Crippen molar-refractivity contribution in [2.45, 2.75) is 26.3 Å². The molecule has 1 unspecified atom stereocenters. The average molecular weight is 238 g/mol. The highest BCUT2D eigenvalue weighted by molar-refractivity contribution is 7.16. The van der Waals surface area contributed by atoms with E-state index in [0.717, 1.165) is 17.1 Å². The minimum absolute atomic E-state index is 0.0878. The van der Waals surface area contributed by atoms with Gasteiger partial charge >= 0.3 is 0 Å². The summed E-state index contributed by atoms with van der Waals surface area (Å²) in [5.74, 6) is 0. The lowest BCUT2D eigenvalue weighted by Crippen LogP contribution is -2.07. The van der Waals surface area contributed by atoms with Gasteiger partial charge in [0.1, 0.15) is 5.01 Å². The number of nitrogens with zero attached hydrogens (tertiary/aromatic N) is 1. The Morgan fingerprint density at radius 2 is 2.27 bits per heavy atom. The minimum atomic E-state index is 0.0878. The van der Waals surface area contributed by atoms with E-state index < -0.39 is 0 Å². The first-order chi connectivity index (χ1) is 7.20. The lowest BCUT2D eigenvalue weighted by molar-refractivity contribution is 0.693. The fourth-order valence-electron chi connectivity index (χ4n) is 1.32. The molecule has 0 aromatic carbocycles. The molecule has 0 aliphatic carbocycles. The molecular formula is C11H14N2S2. The lowest BCUT2D eigenvalue weighted by Gasteiger charge is -2.01. The number of hydrogen-bond donors (Lipinski definition) is 1. The van der Waals surface area contributed by atoms with Crippen LogP contribution in [-0.2, 0) is 0 Å². The first-order valence-corrected chi connectivity index (χ1v) is 6.68. The number of rotatable bonds is 3. The quantitative estimate of drug-likeness (QED) is 0.887. The summed E-state index contributed by atoms with van der Waals surface area (Å²) < 4.78 is 0. The predicted molar refractivity (Wildman–Crippen MR) is 67.4 cm³/mol. The Hall–Kier alpha value is -0.710. The molecule has 0 amide bonds. The summed E-state index contributed by atoms with van der Waals surface area (Å²) in [6.07, 6.45) is 0.941. The van der Waals surface area contributed by atoms with Crippen molar-refractivity contribution in [2.24, 2.45) is 5.73 Å². The number of thiazole rings is 1. The smallest absolute Gasteiger partial charge is 0.110 e. The van der Waals surface area contributed by atoms with E-state index in [4.69, 9.17) is 5.73 Å². The molecular weight excluding hydrogens is 224 g/mol. The largest absolute Gasteiger partial charge is 0.322 e. The van der Waals surface area contributed by atoms with Crippen LogP contribution in [0.1, 0.15) is 29.3 Å². The number of nitrogens with two attached hydrogens (primary N) is 1. The van der Waals surface area contributed by atoms with Crippen LogP contribution in [0.4, 0.5) is 0 Å². The van der Waals surface area contributed by atoms with Crippen LogP contribution in [0.15, 0.2) is 17.5 Å². The number of hydrogen-bond acceptors (Lipinski definition) is 4. The maximum atomic E-state index is 5.94. The van der Waals surface area contributed by atoms with Gasteiger partial charge in [0, 0.05) is 10.3 Å². The van der Waals surface area contributed by atoms with E-state index in [-0.39, 0.29) is 6.04 Å². The number of aryl methyl sites for hydroxylation is 1. The molecule has 0 bridgehead atoms. The molecule has 2 aromatic heterocycles. The van der Waals surface area contributed by atoms with Gasteiger partial charge in [0.05, 0.1) is 16.6 Å². The van der Waals surface area contributed by atoms with Crippen molar-refractivity contribution in [3.63, 3.8) is 0 Å². The predicted octanol–water partition coefficient (Wildman–Crippen LogP) is 3.59. The van der Waals surface area contributed by atoms with Gasteiger partial charge in [-0.3, -0.25) is 0 Å². The molecule has 2 aromatic rings. The van der Waals surface area contributed by atoms with Crippen molar-refractivity contribution in [3.05, 3.63) is 27.4 Å². The van der Waals surface area contributed by atoms with Crippen LogP contribution in [-0.4, -0.2) is 4.98 Å². The molecule has 2 N–H and O–H groups in total. The maximum Gasteiger partial charge on any atom is 0.110 e. The second kappa shape index (κ2) is 4.43. The third-order valence-electron chi connectivity index (χ3n) is 2.27. The van der Waals surface area contributed by atoms with Gasteiger partial charge in [-0.15, -0.1) is 22.7 Å². The van der Waals surface area contributed by atoms with Crippen molar-refractivity contribution in [2.75, 3.05) is 0 Å². The Labute approximate surface area is 97.8 Å². The summed E-state index contributed by atoms with van der Waals surface area (Å²) in [5.41, 5.74) is 7.01. The Balaban J connectivity index is 2.27. The Morgan fingerprint density at radius 1 is 1.47 bits per heavy atom. The van der Waals surface area contributed by atoms with E-state index in [2.05, 4.69) is 36.3 Å². The van der Waals surface area contributed by atoms with Gasteiger partial charge < -0.3 is 5.73 Å². The molecule has 2 rings (SSSR count). The van der Waals surface area contributed by atoms with Crippen molar-refractivity contribution in [1.82, 2.24) is 4.98 Å². The van der Waals surface area contributed by atoms with E-state index in [1.165, 1.54) is 9.75 Å². The third kappa shape index (κ3) is 2.27. The van der Waals surface area contributed by atoms with E-state index in [1.807, 2.05) is 0 Å². The van der Waals surface area contributed by atoms with Gasteiger partial charge in [-0.25, -0.2) is 4.98 Å². The molecule has 0 saturated carbocycles. The summed E-state index contributed by atoms with van der Waals surface area (Å²) in [5, 5.41) is 3.13. The average Bonchev–Trinajstić information content (AvgIpc) is 2.84. The van der Waals surface area contributed by atoms with E-state index in [0.29, 0.717) is 0 Å².